The molecule has 0 aromatic heterocycles. The predicted molar refractivity (Wildman–Crippen MR) is 83.7 cm³/mol. The highest BCUT2D eigenvalue weighted by Gasteiger charge is 2.54. The van der Waals surface area contributed by atoms with E-state index in [1.807, 2.05) is 0 Å². The normalized spacial score (nSPS) is 13.6. The van der Waals surface area contributed by atoms with Crippen LogP contribution < -0.4 is 0 Å². The van der Waals surface area contributed by atoms with Crippen molar-refractivity contribution in [2.24, 2.45) is 0 Å². The molecule has 128 valence electrons. The second-order valence-corrected chi connectivity index (χ2v) is 6.72. The van der Waals surface area contributed by atoms with Gasteiger partial charge in [0.15, 0.2) is 10.7 Å². The average Bonchev–Trinajstić information content (AvgIpc) is 2.46. The molecule has 2 rings (SSSR count). The molecule has 0 atom stereocenters. The first-order chi connectivity index (χ1) is 11.2. The van der Waals surface area contributed by atoms with Crippen LogP contribution in [0.5, 0.6) is 0 Å². The molecule has 0 radical (unpaired) electrons. The molecular formula is C16H10F6S2. The average molecular weight is 380 g/mol. The maximum atomic E-state index is 14.2. The van der Waals surface area contributed by atoms with Crippen LogP contribution in [0.4, 0.5) is 26.3 Å². The second kappa shape index (κ2) is 7.57. The lowest BCUT2D eigenvalue weighted by Crippen LogP contribution is -2.28. The SMILES string of the molecule is F/C(Sc1ccccc1)=C(/C(F)(F)F)C(F)(F)Sc1ccccc1. The van der Waals surface area contributed by atoms with E-state index in [9.17, 15) is 26.3 Å². The Morgan fingerprint density at radius 2 is 1.17 bits per heavy atom. The van der Waals surface area contributed by atoms with E-state index in [0.29, 0.717) is 0 Å². The van der Waals surface area contributed by atoms with E-state index in [-0.39, 0.29) is 33.3 Å². The van der Waals surface area contributed by atoms with Crippen molar-refractivity contribution < 1.29 is 26.3 Å². The molecule has 0 heterocycles. The Morgan fingerprint density at radius 3 is 1.62 bits per heavy atom. The molecule has 0 amide bonds. The van der Waals surface area contributed by atoms with Crippen molar-refractivity contribution in [1.82, 2.24) is 0 Å². The first-order valence-electron chi connectivity index (χ1n) is 6.52. The summed E-state index contributed by atoms with van der Waals surface area (Å²) in [6.45, 7) is 0. The highest BCUT2D eigenvalue weighted by molar-refractivity contribution is 8.03. The van der Waals surface area contributed by atoms with Crippen LogP contribution in [0.3, 0.4) is 0 Å². The highest BCUT2D eigenvalue weighted by Crippen LogP contribution is 2.51. The molecular weight excluding hydrogens is 370 g/mol. The topological polar surface area (TPSA) is 0 Å². The minimum Gasteiger partial charge on any atom is -0.198 e. The van der Waals surface area contributed by atoms with Crippen LogP contribution in [0.25, 0.3) is 0 Å². The lowest BCUT2D eigenvalue weighted by atomic mass is 10.3. The van der Waals surface area contributed by atoms with Gasteiger partial charge in [0.1, 0.15) is 0 Å². The molecule has 0 bridgehead atoms. The molecule has 0 fully saturated rings. The molecule has 0 aliphatic rings. The lowest BCUT2D eigenvalue weighted by Gasteiger charge is -2.22. The Bertz CT molecular complexity index is 696. The van der Waals surface area contributed by atoms with Crippen LogP contribution in [-0.4, -0.2) is 11.4 Å². The largest absolute Gasteiger partial charge is 0.422 e. The van der Waals surface area contributed by atoms with Gasteiger partial charge in [0.25, 0.3) is 0 Å². The van der Waals surface area contributed by atoms with E-state index >= 15 is 0 Å². The van der Waals surface area contributed by atoms with Gasteiger partial charge >= 0.3 is 11.4 Å². The monoisotopic (exact) mass is 380 g/mol. The standard InChI is InChI=1S/C16H10F6S2/c17-14(23-11-7-3-1-4-8-11)13(15(18,19)20)16(21,22)24-12-9-5-2-6-10-12/h1-10H/b14-13+. The van der Waals surface area contributed by atoms with Gasteiger partial charge in [0.2, 0.25) is 0 Å². The highest BCUT2D eigenvalue weighted by atomic mass is 32.2. The zero-order valence-electron chi connectivity index (χ0n) is 11.9. The summed E-state index contributed by atoms with van der Waals surface area (Å²) in [6.07, 6.45) is -5.50. The Kier molecular flexibility index (Phi) is 5.92. The summed E-state index contributed by atoms with van der Waals surface area (Å²) in [5, 5.41) is -6.44. The van der Waals surface area contributed by atoms with Crippen LogP contribution in [0, 0.1) is 0 Å². The fourth-order valence-electron chi connectivity index (χ4n) is 1.72. The zero-order valence-corrected chi connectivity index (χ0v) is 13.5. The number of rotatable bonds is 5. The third-order valence-electron chi connectivity index (χ3n) is 2.71. The van der Waals surface area contributed by atoms with Crippen molar-refractivity contribution in [3.8, 4) is 0 Å². The minimum absolute atomic E-state index is 0.0156. The van der Waals surface area contributed by atoms with Crippen LogP contribution in [-0.2, 0) is 0 Å². The quantitative estimate of drug-likeness (QED) is 0.408. The van der Waals surface area contributed by atoms with Crippen LogP contribution in [0.15, 0.2) is 81.2 Å². The van der Waals surface area contributed by atoms with Gasteiger partial charge in [-0.3, -0.25) is 0 Å². The molecule has 0 spiro atoms. The van der Waals surface area contributed by atoms with E-state index in [1.165, 1.54) is 54.6 Å². The van der Waals surface area contributed by atoms with Gasteiger partial charge in [0.05, 0.1) is 0 Å². The summed E-state index contributed by atoms with van der Waals surface area (Å²) in [5.41, 5.74) is -2.49. The van der Waals surface area contributed by atoms with Gasteiger partial charge in [-0.1, -0.05) is 48.2 Å². The molecule has 0 nitrogen and oxygen atoms in total. The van der Waals surface area contributed by atoms with Crippen molar-refractivity contribution in [2.75, 3.05) is 0 Å². The van der Waals surface area contributed by atoms with Gasteiger partial charge in [0, 0.05) is 9.79 Å². The Labute approximate surface area is 142 Å². The number of hydrogen-bond donors (Lipinski definition) is 0. The first kappa shape index (κ1) is 18.8. The number of hydrogen-bond acceptors (Lipinski definition) is 2. The van der Waals surface area contributed by atoms with Gasteiger partial charge in [-0.2, -0.15) is 26.3 Å². The van der Waals surface area contributed by atoms with Gasteiger partial charge in [-0.05, 0) is 36.0 Å². The first-order valence-corrected chi connectivity index (χ1v) is 8.15. The van der Waals surface area contributed by atoms with E-state index in [4.69, 9.17) is 0 Å². The molecule has 0 unspecified atom stereocenters. The molecule has 8 heteroatoms. The molecule has 2 aromatic rings. The maximum Gasteiger partial charge on any atom is 0.422 e. The van der Waals surface area contributed by atoms with Crippen molar-refractivity contribution in [1.29, 1.82) is 0 Å². The summed E-state index contributed by atoms with van der Waals surface area (Å²) in [6, 6.07) is 14.0. The maximum absolute atomic E-state index is 14.2. The van der Waals surface area contributed by atoms with Crippen LogP contribution in [0.2, 0.25) is 0 Å². The van der Waals surface area contributed by atoms with E-state index in [1.54, 1.807) is 6.07 Å². The Balaban J connectivity index is 2.38. The van der Waals surface area contributed by atoms with Crippen molar-refractivity contribution in [2.45, 2.75) is 21.2 Å². The van der Waals surface area contributed by atoms with Crippen molar-refractivity contribution in [3.05, 3.63) is 71.4 Å². The Hall–Kier alpha value is -1.54. The molecule has 0 aliphatic carbocycles. The van der Waals surface area contributed by atoms with E-state index in [0.717, 1.165) is 0 Å². The van der Waals surface area contributed by atoms with Gasteiger partial charge < -0.3 is 0 Å². The second-order valence-electron chi connectivity index (χ2n) is 4.49. The fraction of sp³-hybridized carbons (Fsp3) is 0.125. The smallest absolute Gasteiger partial charge is 0.198 e. The van der Waals surface area contributed by atoms with E-state index in [2.05, 4.69) is 0 Å². The summed E-state index contributed by atoms with van der Waals surface area (Å²) in [7, 11) is 0. The predicted octanol–water partition coefficient (Wildman–Crippen LogP) is 6.91. The summed E-state index contributed by atoms with van der Waals surface area (Å²) in [4.78, 5) is -0.000905. The Morgan fingerprint density at radius 1 is 0.708 bits per heavy atom. The number of halogens is 6. The number of thioether (sulfide) groups is 2. The molecule has 0 saturated carbocycles. The minimum atomic E-state index is -5.50. The van der Waals surface area contributed by atoms with Crippen molar-refractivity contribution in [3.63, 3.8) is 0 Å². The fourth-order valence-corrected chi connectivity index (χ4v) is 3.53. The number of alkyl halides is 5. The zero-order chi connectivity index (χ0) is 17.8. The molecule has 0 saturated heterocycles. The third kappa shape index (κ3) is 4.98. The molecule has 24 heavy (non-hydrogen) atoms. The third-order valence-corrected chi connectivity index (χ3v) is 4.57. The summed E-state index contributed by atoms with van der Waals surface area (Å²) in [5.74, 6) is 0. The van der Waals surface area contributed by atoms with Gasteiger partial charge in [-0.15, -0.1) is 0 Å². The lowest BCUT2D eigenvalue weighted by molar-refractivity contribution is -0.114. The van der Waals surface area contributed by atoms with Gasteiger partial charge in [-0.25, -0.2) is 0 Å². The summed E-state index contributed by atoms with van der Waals surface area (Å²) >= 11 is -0.329. The van der Waals surface area contributed by atoms with E-state index < -0.39 is 22.2 Å². The molecule has 0 N–H and O–H groups in total. The molecule has 2 aromatic carbocycles. The summed E-state index contributed by atoms with van der Waals surface area (Å²) < 4.78 is 81.6. The number of benzene rings is 2. The van der Waals surface area contributed by atoms with Crippen molar-refractivity contribution >= 4 is 23.5 Å². The van der Waals surface area contributed by atoms with Crippen LogP contribution in [0.1, 0.15) is 0 Å². The van der Waals surface area contributed by atoms with Crippen LogP contribution >= 0.6 is 23.5 Å². The molecule has 0 aliphatic heterocycles.